The van der Waals surface area contributed by atoms with Crippen LogP contribution in [0, 0.1) is 28.5 Å². The first-order valence-electron chi connectivity index (χ1n) is 7.95. The molecule has 0 aromatic heterocycles. The van der Waals surface area contributed by atoms with Crippen LogP contribution in [0.1, 0.15) is 13.8 Å². The average molecular weight is 299 g/mol. The second-order valence-corrected chi connectivity index (χ2v) is 7.23. The van der Waals surface area contributed by atoms with Gasteiger partial charge in [0, 0.05) is 19.1 Å². The lowest BCUT2D eigenvalue weighted by atomic mass is 9.26. The molecule has 0 aromatic rings. The number of aliphatic imine (C=N–C) groups is 1. The molecule has 0 saturated carbocycles. The Morgan fingerprint density at radius 2 is 2.18 bits per heavy atom. The van der Waals surface area contributed by atoms with Crippen molar-refractivity contribution in [2.24, 2.45) is 22.2 Å². The van der Waals surface area contributed by atoms with Gasteiger partial charge in [0.1, 0.15) is 5.84 Å². The van der Waals surface area contributed by atoms with E-state index in [0.717, 1.165) is 37.1 Å². The SMILES string of the molecule is COC(=O)C(C1=CC(N2CC3(CB(C#N)C3)C2)=NC1)C(C)C. The fourth-order valence-electron chi connectivity index (χ4n) is 4.05. The minimum absolute atomic E-state index is 0.173. The lowest BCUT2D eigenvalue weighted by Gasteiger charge is -2.57. The first kappa shape index (κ1) is 15.1. The van der Waals surface area contributed by atoms with Crippen molar-refractivity contribution in [3.63, 3.8) is 0 Å². The number of hydrogen-bond donors (Lipinski definition) is 0. The van der Waals surface area contributed by atoms with Crippen molar-refractivity contribution in [1.82, 2.24) is 4.90 Å². The van der Waals surface area contributed by atoms with E-state index in [2.05, 4.69) is 21.9 Å². The summed E-state index contributed by atoms with van der Waals surface area (Å²) in [5.41, 5.74) is 1.42. The molecule has 1 spiro atoms. The molecule has 5 nitrogen and oxygen atoms in total. The van der Waals surface area contributed by atoms with Gasteiger partial charge in [0.15, 0.2) is 0 Å². The molecule has 0 bridgehead atoms. The number of hydrogen-bond acceptors (Lipinski definition) is 5. The smallest absolute Gasteiger partial charge is 0.313 e. The Hall–Kier alpha value is -1.77. The molecule has 1 atom stereocenters. The molecule has 0 radical (unpaired) electrons. The molecule has 3 aliphatic rings. The molecule has 0 amide bonds. The summed E-state index contributed by atoms with van der Waals surface area (Å²) in [4.78, 5) is 18.8. The highest BCUT2D eigenvalue weighted by molar-refractivity contribution is 6.70. The van der Waals surface area contributed by atoms with Crippen LogP contribution in [0.4, 0.5) is 0 Å². The average Bonchev–Trinajstić information content (AvgIpc) is 2.84. The number of carbonyl (C=O) groups is 1. The molecule has 1 unspecified atom stereocenters. The van der Waals surface area contributed by atoms with Gasteiger partial charge in [-0.2, -0.15) is 0 Å². The normalized spacial score (nSPS) is 23.4. The Kier molecular flexibility index (Phi) is 3.76. The zero-order chi connectivity index (χ0) is 15.9. The monoisotopic (exact) mass is 299 g/mol. The van der Waals surface area contributed by atoms with Crippen LogP contribution in [0.2, 0.25) is 12.6 Å². The molecular formula is C16H22BN3O2. The number of methoxy groups -OCH3 is 1. The molecule has 2 saturated heterocycles. The third-order valence-corrected chi connectivity index (χ3v) is 5.18. The van der Waals surface area contributed by atoms with Gasteiger partial charge < -0.3 is 9.64 Å². The number of rotatable bonds is 3. The van der Waals surface area contributed by atoms with E-state index in [9.17, 15) is 4.79 Å². The Morgan fingerprint density at radius 1 is 1.50 bits per heavy atom. The van der Waals surface area contributed by atoms with Crippen LogP contribution in [0.25, 0.3) is 0 Å². The lowest BCUT2D eigenvalue weighted by molar-refractivity contribution is -0.145. The van der Waals surface area contributed by atoms with E-state index in [1.807, 2.05) is 13.8 Å². The molecule has 0 aliphatic carbocycles. The predicted molar refractivity (Wildman–Crippen MR) is 85.7 cm³/mol. The largest absolute Gasteiger partial charge is 0.469 e. The van der Waals surface area contributed by atoms with E-state index in [1.165, 1.54) is 7.11 Å². The third-order valence-electron chi connectivity index (χ3n) is 5.18. The first-order chi connectivity index (χ1) is 10.5. The predicted octanol–water partition coefficient (Wildman–Crippen LogP) is 1.64. The van der Waals surface area contributed by atoms with Crippen LogP contribution >= 0.6 is 0 Å². The zero-order valence-corrected chi connectivity index (χ0v) is 13.5. The maximum atomic E-state index is 12.0. The van der Waals surface area contributed by atoms with Crippen LogP contribution in [-0.4, -0.2) is 50.2 Å². The third kappa shape index (κ3) is 2.43. The van der Waals surface area contributed by atoms with E-state index >= 15 is 0 Å². The van der Waals surface area contributed by atoms with Gasteiger partial charge in [-0.15, -0.1) is 0 Å². The van der Waals surface area contributed by atoms with Gasteiger partial charge >= 0.3 is 5.97 Å². The van der Waals surface area contributed by atoms with Gasteiger partial charge in [0.25, 0.3) is 6.71 Å². The summed E-state index contributed by atoms with van der Waals surface area (Å²) in [5, 5.41) is 8.90. The van der Waals surface area contributed by atoms with Crippen LogP contribution < -0.4 is 0 Å². The number of amidine groups is 1. The van der Waals surface area contributed by atoms with E-state index in [-0.39, 0.29) is 24.5 Å². The topological polar surface area (TPSA) is 65.7 Å². The van der Waals surface area contributed by atoms with Crippen molar-refractivity contribution in [2.75, 3.05) is 26.7 Å². The summed E-state index contributed by atoms with van der Waals surface area (Å²) in [5.74, 6) is 3.18. The van der Waals surface area contributed by atoms with Crippen molar-refractivity contribution >= 4 is 18.5 Å². The van der Waals surface area contributed by atoms with Crippen molar-refractivity contribution in [3.05, 3.63) is 11.6 Å². The number of carbonyl (C=O) groups excluding carboxylic acids is 1. The molecule has 6 heteroatoms. The maximum Gasteiger partial charge on any atom is 0.313 e. The maximum absolute atomic E-state index is 12.0. The first-order valence-corrected chi connectivity index (χ1v) is 7.95. The molecule has 0 N–H and O–H groups in total. The fourth-order valence-corrected chi connectivity index (χ4v) is 4.05. The van der Waals surface area contributed by atoms with Gasteiger partial charge in [-0.1, -0.05) is 26.5 Å². The molecule has 116 valence electrons. The van der Waals surface area contributed by atoms with Gasteiger partial charge in [-0.3, -0.25) is 9.79 Å². The number of ether oxygens (including phenoxy) is 1. The van der Waals surface area contributed by atoms with Crippen molar-refractivity contribution in [1.29, 1.82) is 5.26 Å². The summed E-state index contributed by atoms with van der Waals surface area (Å²) >= 11 is 0. The minimum Gasteiger partial charge on any atom is -0.469 e. The molecule has 3 rings (SSSR count). The van der Waals surface area contributed by atoms with E-state index in [1.54, 1.807) is 0 Å². The number of likely N-dealkylation sites (tertiary alicyclic amines) is 1. The highest BCUT2D eigenvalue weighted by Gasteiger charge is 2.54. The van der Waals surface area contributed by atoms with Gasteiger partial charge in [-0.25, -0.2) is 5.26 Å². The highest BCUT2D eigenvalue weighted by Crippen LogP contribution is 2.49. The quantitative estimate of drug-likeness (QED) is 0.587. The van der Waals surface area contributed by atoms with Crippen LogP contribution in [0.3, 0.4) is 0 Å². The molecular weight excluding hydrogens is 277 g/mol. The summed E-state index contributed by atoms with van der Waals surface area (Å²) in [6.45, 7) is 6.92. The molecule has 2 fully saturated rings. The molecule has 3 heterocycles. The Labute approximate surface area is 132 Å². The van der Waals surface area contributed by atoms with Crippen molar-refractivity contribution in [3.8, 4) is 5.97 Å². The number of nitriles is 1. The minimum atomic E-state index is -0.201. The van der Waals surface area contributed by atoms with E-state index < -0.39 is 0 Å². The summed E-state index contributed by atoms with van der Waals surface area (Å²) in [7, 11) is 1.44. The van der Waals surface area contributed by atoms with Crippen molar-refractivity contribution in [2.45, 2.75) is 26.5 Å². The molecule has 3 aliphatic heterocycles. The highest BCUT2D eigenvalue weighted by atomic mass is 16.5. The standard InChI is InChI=1S/C16H22BN3O2/c1-11(2)14(15(21)22-3)12-4-13(19-5-12)20-8-16(9-20)6-17(7-16)10-18/h4,11,14H,5-9H2,1-3H3. The number of esters is 1. The van der Waals surface area contributed by atoms with Crippen molar-refractivity contribution < 1.29 is 9.53 Å². The van der Waals surface area contributed by atoms with E-state index in [0.29, 0.717) is 12.0 Å². The Morgan fingerprint density at radius 3 is 2.73 bits per heavy atom. The summed E-state index contributed by atoms with van der Waals surface area (Å²) < 4.78 is 4.93. The molecule has 0 aromatic carbocycles. The van der Waals surface area contributed by atoms with Crippen LogP contribution in [-0.2, 0) is 9.53 Å². The molecule has 22 heavy (non-hydrogen) atoms. The van der Waals surface area contributed by atoms with Crippen LogP contribution in [0.15, 0.2) is 16.6 Å². The summed E-state index contributed by atoms with van der Waals surface area (Å²) in [6.07, 6.45) is 4.12. The Balaban J connectivity index is 1.61. The van der Waals surface area contributed by atoms with Gasteiger partial charge in [0.05, 0.1) is 19.6 Å². The van der Waals surface area contributed by atoms with Gasteiger partial charge in [-0.05, 0) is 23.0 Å². The fraction of sp³-hybridized carbons (Fsp3) is 0.688. The number of nitrogens with zero attached hydrogens (tertiary/aromatic N) is 3. The zero-order valence-electron chi connectivity index (χ0n) is 13.5. The summed E-state index contributed by atoms with van der Waals surface area (Å²) in [6, 6.07) is 0. The van der Waals surface area contributed by atoms with Crippen LogP contribution in [0.5, 0.6) is 0 Å². The van der Waals surface area contributed by atoms with E-state index in [4.69, 9.17) is 10.00 Å². The second-order valence-electron chi connectivity index (χ2n) is 7.23. The van der Waals surface area contributed by atoms with Gasteiger partial charge in [0.2, 0.25) is 0 Å². The Bertz CT molecular complexity index is 577. The lowest BCUT2D eigenvalue weighted by Crippen LogP contribution is -2.64. The second kappa shape index (κ2) is 5.46.